The van der Waals surface area contributed by atoms with Crippen LogP contribution in [0.2, 0.25) is 0 Å². The molecular formula is C32H51O3P. The monoisotopic (exact) mass is 514 g/mol. The molecule has 6 fully saturated rings. The Labute approximate surface area is 222 Å². The molecule has 6 aliphatic carbocycles. The molecule has 0 radical (unpaired) electrons. The van der Waals surface area contributed by atoms with Crippen LogP contribution in [0.3, 0.4) is 0 Å². The quantitative estimate of drug-likeness (QED) is 0.304. The van der Waals surface area contributed by atoms with Gasteiger partial charge in [0, 0.05) is 14.9 Å². The fraction of sp³-hybridized carbons (Fsp3) is 0.906. The van der Waals surface area contributed by atoms with Crippen LogP contribution >= 0.6 is 9.47 Å². The third kappa shape index (κ3) is 2.67. The number of fused-ring (bicyclic) bond motifs is 6. The Morgan fingerprint density at radius 1 is 0.833 bits per heavy atom. The highest BCUT2D eigenvalue weighted by Crippen LogP contribution is 2.82. The minimum absolute atomic E-state index is 0.213. The summed E-state index contributed by atoms with van der Waals surface area (Å²) in [5.41, 5.74) is 2.22. The molecule has 0 saturated heterocycles. The van der Waals surface area contributed by atoms with E-state index in [0.29, 0.717) is 28.8 Å². The van der Waals surface area contributed by atoms with Crippen molar-refractivity contribution in [1.82, 2.24) is 0 Å². The molecule has 0 aromatic carbocycles. The Balaban J connectivity index is 1.43. The van der Waals surface area contributed by atoms with Crippen LogP contribution < -0.4 is 0 Å². The van der Waals surface area contributed by atoms with Crippen molar-refractivity contribution >= 4 is 15.4 Å². The normalized spacial score (nSPS) is 57.7. The molecular weight excluding hydrogens is 463 g/mol. The summed E-state index contributed by atoms with van der Waals surface area (Å²) >= 11 is 0. The predicted molar refractivity (Wildman–Crippen MR) is 148 cm³/mol. The zero-order valence-electron chi connectivity index (χ0n) is 23.6. The highest BCUT2D eigenvalue weighted by Gasteiger charge is 2.76. The maximum Gasteiger partial charge on any atom is 0.309 e. The van der Waals surface area contributed by atoms with Gasteiger partial charge >= 0.3 is 5.97 Å². The van der Waals surface area contributed by atoms with Gasteiger partial charge in [-0.15, -0.1) is 0 Å². The number of carboxylic acids is 1. The van der Waals surface area contributed by atoms with E-state index in [4.69, 9.17) is 4.52 Å². The van der Waals surface area contributed by atoms with E-state index in [1.807, 2.05) is 0 Å². The van der Waals surface area contributed by atoms with Crippen molar-refractivity contribution in [3.63, 3.8) is 0 Å². The van der Waals surface area contributed by atoms with Gasteiger partial charge in [0.1, 0.15) is 0 Å². The van der Waals surface area contributed by atoms with Crippen LogP contribution in [-0.2, 0) is 9.32 Å². The Hall–Kier alpha value is -0.400. The number of hydrogen-bond donors (Lipinski definition) is 1. The van der Waals surface area contributed by atoms with Crippen molar-refractivity contribution in [2.24, 2.45) is 56.2 Å². The first-order valence-electron chi connectivity index (χ1n) is 15.1. The molecule has 12 unspecified atom stereocenters. The van der Waals surface area contributed by atoms with E-state index in [1.165, 1.54) is 63.4 Å². The van der Waals surface area contributed by atoms with E-state index in [2.05, 4.69) is 50.7 Å². The van der Waals surface area contributed by atoms with Gasteiger partial charge in [0.05, 0.1) is 11.5 Å². The van der Waals surface area contributed by atoms with Crippen LogP contribution in [0.15, 0.2) is 12.2 Å². The van der Waals surface area contributed by atoms with E-state index in [-0.39, 0.29) is 22.2 Å². The zero-order valence-corrected chi connectivity index (χ0v) is 24.8. The summed E-state index contributed by atoms with van der Waals surface area (Å²) in [7, 11) is 2.62. The molecule has 0 heterocycles. The molecule has 4 heteroatoms. The maximum atomic E-state index is 12.9. The molecule has 0 aromatic heterocycles. The summed E-state index contributed by atoms with van der Waals surface area (Å²) in [6.45, 7) is 17.1. The van der Waals surface area contributed by atoms with Gasteiger partial charge < -0.3 is 9.63 Å². The average molecular weight is 515 g/mol. The Kier molecular flexibility index (Phi) is 5.63. The van der Waals surface area contributed by atoms with Gasteiger partial charge in [-0.25, -0.2) is 0 Å². The van der Waals surface area contributed by atoms with Crippen LogP contribution in [0, 0.1) is 56.2 Å². The molecule has 202 valence electrons. The Morgan fingerprint density at radius 3 is 2.22 bits per heavy atom. The van der Waals surface area contributed by atoms with Crippen molar-refractivity contribution in [2.75, 3.05) is 0 Å². The molecule has 0 aliphatic heterocycles. The summed E-state index contributed by atoms with van der Waals surface area (Å²) in [6.07, 6.45) is 15.9. The van der Waals surface area contributed by atoms with Gasteiger partial charge in [0.25, 0.3) is 0 Å². The second kappa shape index (κ2) is 7.84. The first-order chi connectivity index (χ1) is 16.9. The fourth-order valence-electron chi connectivity index (χ4n) is 13.4. The molecule has 12 atom stereocenters. The van der Waals surface area contributed by atoms with Crippen molar-refractivity contribution in [3.05, 3.63) is 12.2 Å². The summed E-state index contributed by atoms with van der Waals surface area (Å²) in [5.74, 6) is 1.37. The van der Waals surface area contributed by atoms with E-state index in [9.17, 15) is 9.90 Å². The number of hydrogen-bond acceptors (Lipinski definition) is 2. The number of rotatable bonds is 3. The lowest BCUT2D eigenvalue weighted by atomic mass is 9.29. The van der Waals surface area contributed by atoms with Gasteiger partial charge in [0.15, 0.2) is 0 Å². The Bertz CT molecular complexity index is 978. The van der Waals surface area contributed by atoms with E-state index < -0.39 is 11.4 Å². The number of carboxylic acid groups (broad SMARTS) is 1. The highest BCUT2D eigenvalue weighted by atomic mass is 31.0. The standard InChI is InChI=1S/C32H51O3P/c1-20(2)21-10-15-31(26(33)34)18-16-27(3)22(25(21)31)8-9-23-28(27,4)17-19-32-13-7-12-30(32,6)24(35-36)11-14-29(23,32)5/h21-25H,1,7-19,36H2,2-6H3,(H,33,34). The van der Waals surface area contributed by atoms with Crippen molar-refractivity contribution in [1.29, 1.82) is 0 Å². The largest absolute Gasteiger partial charge is 0.481 e. The third-order valence-electron chi connectivity index (χ3n) is 15.3. The molecule has 0 aromatic rings. The van der Waals surface area contributed by atoms with Crippen LogP contribution in [0.4, 0.5) is 0 Å². The molecule has 1 N–H and O–H groups in total. The van der Waals surface area contributed by atoms with E-state index in [1.54, 1.807) is 0 Å². The summed E-state index contributed by atoms with van der Waals surface area (Å²) in [4.78, 5) is 12.9. The first kappa shape index (κ1) is 25.9. The number of allylic oxidation sites excluding steroid dienone is 1. The van der Waals surface area contributed by atoms with Crippen LogP contribution in [0.1, 0.15) is 118 Å². The van der Waals surface area contributed by atoms with Gasteiger partial charge in [-0.1, -0.05) is 46.3 Å². The smallest absolute Gasteiger partial charge is 0.309 e. The molecule has 6 aliphatic rings. The molecule has 0 amide bonds. The highest BCUT2D eigenvalue weighted by molar-refractivity contribution is 7.09. The zero-order chi connectivity index (χ0) is 25.9. The minimum atomic E-state index is -0.519. The number of carbonyl (C=O) groups is 1. The molecule has 3 nitrogen and oxygen atoms in total. The SMILES string of the molecule is C=C(C)C1CCC2(C(=O)O)CCC3(C)C(CCC4C3(C)CCC35CCCC3(C)C(OP)CCC45C)C12. The number of aliphatic carboxylic acids is 1. The van der Waals surface area contributed by atoms with Gasteiger partial charge in [-0.3, -0.25) is 4.79 Å². The third-order valence-corrected chi connectivity index (χ3v) is 15.7. The molecule has 6 saturated carbocycles. The average Bonchev–Trinajstić information content (AvgIpc) is 3.39. The van der Waals surface area contributed by atoms with E-state index in [0.717, 1.165) is 31.6 Å². The van der Waals surface area contributed by atoms with Gasteiger partial charge in [-0.2, -0.15) is 0 Å². The lowest BCUT2D eigenvalue weighted by Crippen LogP contribution is -2.70. The maximum absolute atomic E-state index is 12.9. The summed E-state index contributed by atoms with van der Waals surface area (Å²) < 4.78 is 6.13. The van der Waals surface area contributed by atoms with Crippen LogP contribution in [0.25, 0.3) is 0 Å². The Morgan fingerprint density at radius 2 is 1.56 bits per heavy atom. The molecule has 36 heavy (non-hydrogen) atoms. The van der Waals surface area contributed by atoms with Crippen molar-refractivity contribution < 1.29 is 14.4 Å². The topological polar surface area (TPSA) is 46.5 Å². The van der Waals surface area contributed by atoms with Crippen LogP contribution in [-0.4, -0.2) is 17.2 Å². The van der Waals surface area contributed by atoms with Crippen LogP contribution in [0.5, 0.6) is 0 Å². The predicted octanol–water partition coefficient (Wildman–Crippen LogP) is 8.44. The van der Waals surface area contributed by atoms with Gasteiger partial charge in [0.2, 0.25) is 0 Å². The fourth-order valence-corrected chi connectivity index (χ4v) is 13.8. The molecule has 0 bridgehead atoms. The molecule has 6 rings (SSSR count). The van der Waals surface area contributed by atoms with Crippen molar-refractivity contribution in [3.8, 4) is 0 Å². The second-order valence-corrected chi connectivity index (χ2v) is 15.8. The lowest BCUT2D eigenvalue weighted by molar-refractivity contribution is -0.277. The van der Waals surface area contributed by atoms with E-state index >= 15 is 0 Å². The van der Waals surface area contributed by atoms with Gasteiger partial charge in [-0.05, 0) is 129 Å². The lowest BCUT2D eigenvalue weighted by Gasteiger charge is -2.75. The summed E-state index contributed by atoms with van der Waals surface area (Å²) in [5, 5.41) is 10.6. The minimum Gasteiger partial charge on any atom is -0.481 e. The first-order valence-corrected chi connectivity index (χ1v) is 15.6. The summed E-state index contributed by atoms with van der Waals surface area (Å²) in [6, 6.07) is 0. The molecule has 1 spiro atoms. The van der Waals surface area contributed by atoms with Crippen molar-refractivity contribution in [2.45, 2.75) is 124 Å². The second-order valence-electron chi connectivity index (χ2n) is 15.5.